The van der Waals surface area contributed by atoms with Crippen LogP contribution in [-0.2, 0) is 10.8 Å². The minimum Gasteiger partial charge on any atom is -0.309 e. The standard InChI is InChI=1S/C55H41N/c1-54(2)47-26-12-10-23-46(47)53-45(25-15-28-49(53)54)43-22-11-14-29-51(43)56(52-30-16-24-40-39-20-8-7-17-36(39)31-33-44(40)52)38-32-34-42-41-21-9-13-27-48(41)55(3,50(42)35-38)37-18-5-4-6-19-37/h4-35H,1-3H3. The van der Waals surface area contributed by atoms with Crippen LogP contribution in [0.1, 0.15) is 48.6 Å². The minimum absolute atomic E-state index is 0.0931. The lowest BCUT2D eigenvalue weighted by Gasteiger charge is -2.32. The molecule has 0 aromatic heterocycles. The van der Waals surface area contributed by atoms with E-state index in [9.17, 15) is 0 Å². The van der Waals surface area contributed by atoms with E-state index in [0.717, 1.165) is 17.1 Å². The molecule has 0 bridgehead atoms. The quantitative estimate of drug-likeness (QED) is 0.160. The Balaban J connectivity index is 1.21. The summed E-state index contributed by atoms with van der Waals surface area (Å²) in [5.74, 6) is 0. The predicted molar refractivity (Wildman–Crippen MR) is 237 cm³/mol. The molecule has 0 heterocycles. The maximum atomic E-state index is 2.53. The van der Waals surface area contributed by atoms with Gasteiger partial charge in [0.2, 0.25) is 0 Å². The molecule has 0 radical (unpaired) electrons. The van der Waals surface area contributed by atoms with Crippen LogP contribution in [0, 0.1) is 0 Å². The lowest BCUT2D eigenvalue weighted by Crippen LogP contribution is -2.23. The first-order valence-electron chi connectivity index (χ1n) is 19.8. The first kappa shape index (κ1) is 32.7. The van der Waals surface area contributed by atoms with Crippen molar-refractivity contribution in [1.29, 1.82) is 0 Å². The van der Waals surface area contributed by atoms with Crippen molar-refractivity contribution in [3.8, 4) is 33.4 Å². The molecule has 0 N–H and O–H groups in total. The molecule has 0 aliphatic heterocycles. The van der Waals surface area contributed by atoms with E-state index in [1.54, 1.807) is 0 Å². The van der Waals surface area contributed by atoms with Gasteiger partial charge in [-0.2, -0.15) is 0 Å². The lowest BCUT2D eigenvalue weighted by molar-refractivity contribution is 0.660. The highest BCUT2D eigenvalue weighted by Crippen LogP contribution is 2.56. The number of hydrogen-bond donors (Lipinski definition) is 0. The number of para-hydroxylation sites is 1. The highest BCUT2D eigenvalue weighted by atomic mass is 15.1. The van der Waals surface area contributed by atoms with Gasteiger partial charge in [0.25, 0.3) is 0 Å². The number of nitrogens with zero attached hydrogens (tertiary/aromatic N) is 1. The minimum atomic E-state index is -0.321. The van der Waals surface area contributed by atoms with E-state index in [1.807, 2.05) is 0 Å². The fourth-order valence-corrected chi connectivity index (χ4v) is 10.2. The fraction of sp³-hybridized carbons (Fsp3) is 0.0909. The van der Waals surface area contributed by atoms with Crippen molar-refractivity contribution in [2.24, 2.45) is 0 Å². The molecule has 2 aliphatic carbocycles. The second-order valence-corrected chi connectivity index (χ2v) is 16.2. The molecule has 0 saturated carbocycles. The summed E-state index contributed by atoms with van der Waals surface area (Å²) in [4.78, 5) is 2.53. The smallest absolute Gasteiger partial charge is 0.0540 e. The Kier molecular flexibility index (Phi) is 7.10. The molecule has 0 saturated heterocycles. The van der Waals surface area contributed by atoms with Gasteiger partial charge in [-0.05, 0) is 103 Å². The maximum absolute atomic E-state index is 2.53. The van der Waals surface area contributed by atoms with Crippen LogP contribution in [0.15, 0.2) is 194 Å². The number of fused-ring (bicyclic) bond motifs is 9. The summed E-state index contributed by atoms with van der Waals surface area (Å²) in [6.07, 6.45) is 0. The summed E-state index contributed by atoms with van der Waals surface area (Å²) in [5, 5.41) is 4.99. The molecule has 9 aromatic rings. The Bertz CT molecular complexity index is 3020. The zero-order valence-electron chi connectivity index (χ0n) is 31.9. The van der Waals surface area contributed by atoms with Crippen molar-refractivity contribution in [3.63, 3.8) is 0 Å². The average molecular weight is 716 g/mol. The Morgan fingerprint density at radius 3 is 1.82 bits per heavy atom. The van der Waals surface area contributed by atoms with Gasteiger partial charge < -0.3 is 4.90 Å². The molecule has 0 spiro atoms. The predicted octanol–water partition coefficient (Wildman–Crippen LogP) is 14.8. The van der Waals surface area contributed by atoms with Crippen molar-refractivity contribution in [3.05, 3.63) is 222 Å². The van der Waals surface area contributed by atoms with E-state index < -0.39 is 0 Å². The normalized spacial score (nSPS) is 16.0. The first-order chi connectivity index (χ1) is 27.4. The second kappa shape index (κ2) is 12.2. The monoisotopic (exact) mass is 715 g/mol. The van der Waals surface area contributed by atoms with Crippen LogP contribution in [0.25, 0.3) is 54.9 Å². The van der Waals surface area contributed by atoms with Crippen molar-refractivity contribution in [1.82, 2.24) is 0 Å². The molecule has 9 aromatic carbocycles. The van der Waals surface area contributed by atoms with E-state index in [-0.39, 0.29) is 10.8 Å². The largest absolute Gasteiger partial charge is 0.309 e. The number of hydrogen-bond acceptors (Lipinski definition) is 1. The summed E-state index contributed by atoms with van der Waals surface area (Å²) in [6, 6.07) is 72.3. The topological polar surface area (TPSA) is 3.24 Å². The van der Waals surface area contributed by atoms with E-state index in [4.69, 9.17) is 0 Å². The van der Waals surface area contributed by atoms with Gasteiger partial charge in [-0.3, -0.25) is 0 Å². The molecule has 0 amide bonds. The van der Waals surface area contributed by atoms with Gasteiger partial charge in [-0.1, -0.05) is 184 Å². The number of anilines is 3. The van der Waals surface area contributed by atoms with E-state index in [0.29, 0.717) is 0 Å². The Labute approximate surface area is 329 Å². The van der Waals surface area contributed by atoms with Gasteiger partial charge in [-0.15, -0.1) is 0 Å². The van der Waals surface area contributed by atoms with E-state index in [1.165, 1.54) is 82.7 Å². The third-order valence-electron chi connectivity index (χ3n) is 13.0. The van der Waals surface area contributed by atoms with Gasteiger partial charge in [-0.25, -0.2) is 0 Å². The van der Waals surface area contributed by atoms with Crippen molar-refractivity contribution >= 4 is 38.6 Å². The molecule has 56 heavy (non-hydrogen) atoms. The zero-order chi connectivity index (χ0) is 37.6. The van der Waals surface area contributed by atoms with Crippen molar-refractivity contribution in [2.45, 2.75) is 31.6 Å². The summed E-state index contributed by atoms with van der Waals surface area (Å²) in [7, 11) is 0. The lowest BCUT2D eigenvalue weighted by atomic mass is 9.74. The van der Waals surface area contributed by atoms with Crippen LogP contribution >= 0.6 is 0 Å². The summed E-state index contributed by atoms with van der Waals surface area (Å²) < 4.78 is 0. The fourth-order valence-electron chi connectivity index (χ4n) is 10.2. The number of rotatable bonds is 5. The molecule has 1 nitrogen and oxygen atoms in total. The Hall–Kier alpha value is -6.70. The zero-order valence-corrected chi connectivity index (χ0v) is 31.9. The molecule has 2 aliphatic rings. The van der Waals surface area contributed by atoms with Crippen molar-refractivity contribution in [2.75, 3.05) is 4.90 Å². The third kappa shape index (κ3) is 4.55. The van der Waals surface area contributed by atoms with Crippen LogP contribution in [0.3, 0.4) is 0 Å². The van der Waals surface area contributed by atoms with Gasteiger partial charge in [0, 0.05) is 27.5 Å². The van der Waals surface area contributed by atoms with Gasteiger partial charge in [0.1, 0.15) is 0 Å². The van der Waals surface area contributed by atoms with Gasteiger partial charge in [0.15, 0.2) is 0 Å². The SMILES string of the molecule is CC1(C)c2ccccc2-c2c(-c3ccccc3N(c3ccc4c(c3)C(C)(c3ccccc3)c3ccccc3-4)c3cccc4c3ccc3ccccc34)cccc21. The molecular weight excluding hydrogens is 675 g/mol. The van der Waals surface area contributed by atoms with Crippen molar-refractivity contribution < 1.29 is 0 Å². The summed E-state index contributed by atoms with van der Waals surface area (Å²) in [5.41, 5.74) is 17.5. The Morgan fingerprint density at radius 1 is 0.357 bits per heavy atom. The van der Waals surface area contributed by atoms with Crippen LogP contribution in [-0.4, -0.2) is 0 Å². The molecule has 266 valence electrons. The molecule has 1 heteroatoms. The van der Waals surface area contributed by atoms with Gasteiger partial charge in [0.05, 0.1) is 11.4 Å². The average Bonchev–Trinajstić information content (AvgIpc) is 3.65. The highest BCUT2D eigenvalue weighted by Gasteiger charge is 2.41. The molecule has 1 unspecified atom stereocenters. The van der Waals surface area contributed by atoms with E-state index in [2.05, 4.69) is 220 Å². The second-order valence-electron chi connectivity index (χ2n) is 16.2. The Morgan fingerprint density at radius 2 is 0.964 bits per heavy atom. The molecule has 1 atom stereocenters. The molecule has 11 rings (SSSR count). The molecular formula is C55H41N. The number of benzene rings is 9. The van der Waals surface area contributed by atoms with Gasteiger partial charge >= 0.3 is 0 Å². The molecule has 0 fully saturated rings. The first-order valence-corrected chi connectivity index (χ1v) is 19.8. The van der Waals surface area contributed by atoms with Crippen LogP contribution in [0.2, 0.25) is 0 Å². The highest BCUT2D eigenvalue weighted by molar-refractivity contribution is 6.13. The maximum Gasteiger partial charge on any atom is 0.0540 e. The van der Waals surface area contributed by atoms with Crippen LogP contribution < -0.4 is 4.90 Å². The van der Waals surface area contributed by atoms with Crippen LogP contribution in [0.5, 0.6) is 0 Å². The summed E-state index contributed by atoms with van der Waals surface area (Å²) in [6.45, 7) is 7.14. The van der Waals surface area contributed by atoms with E-state index >= 15 is 0 Å². The summed E-state index contributed by atoms with van der Waals surface area (Å²) >= 11 is 0. The van der Waals surface area contributed by atoms with Crippen LogP contribution in [0.4, 0.5) is 17.1 Å². The third-order valence-corrected chi connectivity index (χ3v) is 13.0.